The molecule has 6 heteroatoms. The molecule has 2 aromatic rings. The normalized spacial score (nSPS) is 16.7. The van der Waals surface area contributed by atoms with E-state index in [4.69, 9.17) is 4.74 Å². The van der Waals surface area contributed by atoms with Crippen LogP contribution in [0.4, 0.5) is 11.4 Å². The molecule has 0 bridgehead atoms. The van der Waals surface area contributed by atoms with E-state index < -0.39 is 0 Å². The number of hydrogen-bond acceptors (Lipinski definition) is 5. The van der Waals surface area contributed by atoms with Crippen molar-refractivity contribution in [2.75, 3.05) is 50.8 Å². The van der Waals surface area contributed by atoms with E-state index in [-0.39, 0.29) is 5.91 Å². The van der Waals surface area contributed by atoms with E-state index in [0.29, 0.717) is 13.0 Å². The maximum absolute atomic E-state index is 13.0. The van der Waals surface area contributed by atoms with Crippen LogP contribution in [0.3, 0.4) is 0 Å². The number of anilines is 2. The number of rotatable bonds is 6. The predicted molar refractivity (Wildman–Crippen MR) is 109 cm³/mol. The first-order chi connectivity index (χ1) is 13.3. The first-order valence-electron chi connectivity index (χ1n) is 9.52. The summed E-state index contributed by atoms with van der Waals surface area (Å²) in [4.78, 5) is 19.6. The largest absolute Gasteiger partial charge is 0.379 e. The zero-order chi connectivity index (χ0) is 18.5. The Kier molecular flexibility index (Phi) is 6.09. The van der Waals surface area contributed by atoms with E-state index in [1.807, 2.05) is 41.3 Å². The molecule has 0 radical (unpaired) electrons. The summed E-state index contributed by atoms with van der Waals surface area (Å²) < 4.78 is 5.37. The van der Waals surface area contributed by atoms with E-state index in [9.17, 15) is 4.79 Å². The summed E-state index contributed by atoms with van der Waals surface area (Å²) in [5, 5.41) is 3.42. The summed E-state index contributed by atoms with van der Waals surface area (Å²) in [5.41, 5.74) is 1.97. The fourth-order valence-electron chi connectivity index (χ4n) is 3.47. The van der Waals surface area contributed by atoms with Crippen LogP contribution >= 0.6 is 11.8 Å². The predicted octanol–water partition coefficient (Wildman–Crippen LogP) is 3.13. The lowest BCUT2D eigenvalue weighted by atomic mass is 10.2. The first kappa shape index (κ1) is 18.5. The molecule has 4 rings (SSSR count). The van der Waals surface area contributed by atoms with Crippen LogP contribution in [-0.4, -0.2) is 56.7 Å². The Morgan fingerprint density at radius 1 is 0.963 bits per heavy atom. The number of amides is 1. The SMILES string of the molecule is O=C(CCNCCN1CCOCC1)N1c2ccccc2Sc2ccccc21. The monoisotopic (exact) mass is 383 g/mol. The van der Waals surface area contributed by atoms with Crippen molar-refractivity contribution in [1.82, 2.24) is 10.2 Å². The summed E-state index contributed by atoms with van der Waals surface area (Å²) in [7, 11) is 0. The van der Waals surface area contributed by atoms with Gasteiger partial charge >= 0.3 is 0 Å². The molecule has 27 heavy (non-hydrogen) atoms. The molecule has 0 saturated carbocycles. The number of benzene rings is 2. The molecule has 5 nitrogen and oxygen atoms in total. The van der Waals surface area contributed by atoms with Crippen molar-refractivity contribution in [2.24, 2.45) is 0 Å². The molecule has 0 spiro atoms. The molecular weight excluding hydrogens is 358 g/mol. The second-order valence-electron chi connectivity index (χ2n) is 6.72. The Morgan fingerprint density at radius 2 is 1.59 bits per heavy atom. The van der Waals surface area contributed by atoms with Crippen LogP contribution in [0.5, 0.6) is 0 Å². The highest BCUT2D eigenvalue weighted by atomic mass is 32.2. The Bertz CT molecular complexity index is 747. The molecule has 0 unspecified atom stereocenters. The molecule has 1 N–H and O–H groups in total. The number of morpholine rings is 1. The second-order valence-corrected chi connectivity index (χ2v) is 7.80. The summed E-state index contributed by atoms with van der Waals surface area (Å²) in [6.07, 6.45) is 0.483. The highest BCUT2D eigenvalue weighted by Crippen LogP contribution is 2.47. The Hall–Kier alpha value is -1.86. The number of hydrogen-bond donors (Lipinski definition) is 1. The van der Waals surface area contributed by atoms with E-state index in [1.165, 1.54) is 0 Å². The molecule has 1 amide bonds. The topological polar surface area (TPSA) is 44.8 Å². The standard InChI is InChI=1S/C21H25N3O2S/c25-21(9-10-22-11-12-23-13-15-26-16-14-23)24-17-5-1-3-7-19(17)27-20-8-4-2-6-18(20)24/h1-8,22H,9-16H2. The molecule has 0 atom stereocenters. The van der Waals surface area contributed by atoms with E-state index in [2.05, 4.69) is 22.3 Å². The van der Waals surface area contributed by atoms with Crippen molar-refractivity contribution in [3.63, 3.8) is 0 Å². The van der Waals surface area contributed by atoms with Crippen molar-refractivity contribution in [3.05, 3.63) is 48.5 Å². The summed E-state index contributed by atoms with van der Waals surface area (Å²) in [6.45, 7) is 6.24. The first-order valence-corrected chi connectivity index (χ1v) is 10.3. The number of ether oxygens (including phenoxy) is 1. The van der Waals surface area contributed by atoms with Gasteiger partial charge in [-0.15, -0.1) is 0 Å². The lowest BCUT2D eigenvalue weighted by Gasteiger charge is -2.31. The number of nitrogens with one attached hydrogen (secondary N) is 1. The van der Waals surface area contributed by atoms with Gasteiger partial charge in [-0.3, -0.25) is 14.6 Å². The minimum absolute atomic E-state index is 0.133. The van der Waals surface area contributed by atoms with E-state index >= 15 is 0 Å². The van der Waals surface area contributed by atoms with Gasteiger partial charge in [-0.2, -0.15) is 0 Å². The van der Waals surface area contributed by atoms with Crippen LogP contribution in [-0.2, 0) is 9.53 Å². The van der Waals surface area contributed by atoms with Crippen LogP contribution < -0.4 is 10.2 Å². The lowest BCUT2D eigenvalue weighted by Crippen LogP contribution is -2.40. The van der Waals surface area contributed by atoms with Gasteiger partial charge in [0.05, 0.1) is 24.6 Å². The van der Waals surface area contributed by atoms with Crippen molar-refractivity contribution in [2.45, 2.75) is 16.2 Å². The Balaban J connectivity index is 1.36. The van der Waals surface area contributed by atoms with Crippen LogP contribution in [0, 0.1) is 0 Å². The molecule has 1 saturated heterocycles. The third-order valence-electron chi connectivity index (χ3n) is 4.91. The van der Waals surface area contributed by atoms with Gasteiger partial charge in [0, 0.05) is 48.9 Å². The van der Waals surface area contributed by atoms with Crippen molar-refractivity contribution >= 4 is 29.0 Å². The zero-order valence-electron chi connectivity index (χ0n) is 15.4. The molecule has 2 aliphatic rings. The lowest BCUT2D eigenvalue weighted by molar-refractivity contribution is -0.117. The average molecular weight is 384 g/mol. The second kappa shape index (κ2) is 8.89. The van der Waals surface area contributed by atoms with Gasteiger partial charge in [0.1, 0.15) is 0 Å². The third-order valence-corrected chi connectivity index (χ3v) is 6.04. The molecule has 0 aliphatic carbocycles. The minimum Gasteiger partial charge on any atom is -0.379 e. The summed E-state index contributed by atoms with van der Waals surface area (Å²) in [5.74, 6) is 0.133. The van der Waals surface area contributed by atoms with Gasteiger partial charge in [0.15, 0.2) is 0 Å². The fraction of sp³-hybridized carbons (Fsp3) is 0.381. The molecular formula is C21H25N3O2S. The third kappa shape index (κ3) is 4.35. The van der Waals surface area contributed by atoms with Crippen molar-refractivity contribution in [3.8, 4) is 0 Å². The van der Waals surface area contributed by atoms with Gasteiger partial charge < -0.3 is 10.1 Å². The molecule has 142 valence electrons. The fourth-order valence-corrected chi connectivity index (χ4v) is 4.53. The van der Waals surface area contributed by atoms with Crippen molar-refractivity contribution < 1.29 is 9.53 Å². The van der Waals surface area contributed by atoms with Gasteiger partial charge in [-0.1, -0.05) is 36.0 Å². The number of fused-ring (bicyclic) bond motifs is 2. The zero-order valence-corrected chi connectivity index (χ0v) is 16.2. The molecule has 1 fully saturated rings. The van der Waals surface area contributed by atoms with E-state index in [1.54, 1.807) is 11.8 Å². The number of para-hydroxylation sites is 2. The minimum atomic E-state index is 0.133. The quantitative estimate of drug-likeness (QED) is 0.777. The molecule has 2 aromatic carbocycles. The van der Waals surface area contributed by atoms with Crippen LogP contribution in [0.25, 0.3) is 0 Å². The maximum atomic E-state index is 13.0. The molecule has 0 aromatic heterocycles. The van der Waals surface area contributed by atoms with Gasteiger partial charge in [0.2, 0.25) is 5.91 Å². The maximum Gasteiger partial charge on any atom is 0.232 e. The number of carbonyl (C=O) groups is 1. The molecule has 2 aliphatic heterocycles. The van der Waals surface area contributed by atoms with Crippen LogP contribution in [0.2, 0.25) is 0 Å². The van der Waals surface area contributed by atoms with E-state index in [0.717, 1.165) is 60.6 Å². The average Bonchev–Trinajstić information content (AvgIpc) is 2.72. The number of nitrogens with zero attached hydrogens (tertiary/aromatic N) is 2. The highest BCUT2D eigenvalue weighted by Gasteiger charge is 2.27. The van der Waals surface area contributed by atoms with Crippen molar-refractivity contribution in [1.29, 1.82) is 0 Å². The van der Waals surface area contributed by atoms with Crippen LogP contribution in [0.1, 0.15) is 6.42 Å². The molecule has 2 heterocycles. The number of carbonyl (C=O) groups excluding carboxylic acids is 1. The smallest absolute Gasteiger partial charge is 0.232 e. The Morgan fingerprint density at radius 3 is 2.26 bits per heavy atom. The van der Waals surface area contributed by atoms with Gasteiger partial charge in [-0.05, 0) is 24.3 Å². The Labute approximate surface area is 164 Å². The van der Waals surface area contributed by atoms with Gasteiger partial charge in [0.25, 0.3) is 0 Å². The van der Waals surface area contributed by atoms with Crippen LogP contribution in [0.15, 0.2) is 58.3 Å². The van der Waals surface area contributed by atoms with Gasteiger partial charge in [-0.25, -0.2) is 0 Å². The summed E-state index contributed by atoms with van der Waals surface area (Å²) in [6, 6.07) is 16.3. The highest BCUT2D eigenvalue weighted by molar-refractivity contribution is 7.99. The summed E-state index contributed by atoms with van der Waals surface area (Å²) >= 11 is 1.73.